The van der Waals surface area contributed by atoms with Gasteiger partial charge in [0.15, 0.2) is 0 Å². The summed E-state index contributed by atoms with van der Waals surface area (Å²) in [6.45, 7) is 9.26. The zero-order valence-corrected chi connectivity index (χ0v) is 13.4. The summed E-state index contributed by atoms with van der Waals surface area (Å²) in [6.07, 6.45) is -0.348. The van der Waals surface area contributed by atoms with Crippen LogP contribution in [0.5, 0.6) is 5.75 Å². The molecule has 1 aromatic rings. The van der Waals surface area contributed by atoms with Crippen molar-refractivity contribution in [3.8, 4) is 5.75 Å². The first-order valence-corrected chi connectivity index (χ1v) is 7.95. The van der Waals surface area contributed by atoms with Gasteiger partial charge in [0.25, 0.3) is 0 Å². The molecule has 0 N–H and O–H groups in total. The zero-order valence-electron chi connectivity index (χ0n) is 12.5. The predicted octanol–water partition coefficient (Wildman–Crippen LogP) is 3.67. The van der Waals surface area contributed by atoms with Gasteiger partial charge in [0.1, 0.15) is 5.75 Å². The first-order valence-electron chi connectivity index (χ1n) is 6.40. The average Bonchev–Trinajstić information content (AvgIpc) is 2.26. The van der Waals surface area contributed by atoms with E-state index in [1.807, 2.05) is 34.6 Å². The van der Waals surface area contributed by atoms with E-state index in [9.17, 15) is 4.57 Å². The third kappa shape index (κ3) is 4.34. The molecule has 0 spiro atoms. The molecule has 0 aliphatic rings. The van der Waals surface area contributed by atoms with Crippen LogP contribution in [0.25, 0.3) is 0 Å². The highest BCUT2D eigenvalue weighted by molar-refractivity contribution is 7.62. The van der Waals surface area contributed by atoms with Crippen molar-refractivity contribution < 1.29 is 18.3 Å². The zero-order chi connectivity index (χ0) is 14.6. The molecule has 1 aromatic carbocycles. The molecule has 0 heterocycles. The van der Waals surface area contributed by atoms with Crippen molar-refractivity contribution in [3.63, 3.8) is 0 Å². The van der Waals surface area contributed by atoms with Crippen molar-refractivity contribution in [2.45, 2.75) is 46.8 Å². The molecular weight excluding hydrogens is 263 g/mol. The van der Waals surface area contributed by atoms with Crippen LogP contribution in [-0.4, -0.2) is 19.3 Å². The van der Waals surface area contributed by atoms with Gasteiger partial charge in [-0.15, -0.1) is 0 Å². The quantitative estimate of drug-likeness (QED) is 0.748. The summed E-state index contributed by atoms with van der Waals surface area (Å²) in [7, 11) is -1.69. The maximum absolute atomic E-state index is 12.9. The minimum atomic E-state index is -3.30. The Balaban J connectivity index is 3.17. The maximum Gasteiger partial charge on any atom is 0.361 e. The first kappa shape index (κ1) is 16.2. The lowest BCUT2D eigenvalue weighted by atomic mass is 10.2. The molecule has 0 aliphatic heterocycles. The SMILES string of the molecule is COc1ccc(P(=O)(OC(C)C)OC(C)C)cc1C. The van der Waals surface area contributed by atoms with Gasteiger partial charge in [0, 0.05) is 0 Å². The van der Waals surface area contributed by atoms with Crippen molar-refractivity contribution in [1.29, 1.82) is 0 Å². The van der Waals surface area contributed by atoms with Crippen molar-refractivity contribution >= 4 is 12.9 Å². The molecule has 0 radical (unpaired) electrons. The van der Waals surface area contributed by atoms with E-state index in [0.29, 0.717) is 5.30 Å². The number of hydrogen-bond acceptors (Lipinski definition) is 4. The maximum atomic E-state index is 12.9. The van der Waals surface area contributed by atoms with Crippen LogP contribution in [0.4, 0.5) is 0 Å². The third-order valence-electron chi connectivity index (χ3n) is 2.39. The molecule has 0 amide bonds. The lowest BCUT2D eigenvalue weighted by Crippen LogP contribution is -2.17. The highest BCUT2D eigenvalue weighted by Gasteiger charge is 2.30. The minimum Gasteiger partial charge on any atom is -0.496 e. The first-order chi connectivity index (χ1) is 8.78. The lowest BCUT2D eigenvalue weighted by molar-refractivity contribution is 0.150. The van der Waals surface area contributed by atoms with Crippen LogP contribution >= 0.6 is 7.60 Å². The Bertz CT molecular complexity index is 455. The standard InChI is InChI=1S/C14H23O4P/c1-10(2)17-19(15,18-11(3)4)13-7-8-14(16-6)12(5)9-13/h7-11H,1-6H3. The molecule has 0 aromatic heterocycles. The summed E-state index contributed by atoms with van der Waals surface area (Å²) in [4.78, 5) is 0. The normalized spacial score (nSPS) is 12.2. The van der Waals surface area contributed by atoms with Crippen LogP contribution in [0.15, 0.2) is 18.2 Å². The summed E-state index contributed by atoms with van der Waals surface area (Å²) in [6, 6.07) is 5.31. The Morgan fingerprint density at radius 2 is 1.58 bits per heavy atom. The second-order valence-electron chi connectivity index (χ2n) is 4.96. The van der Waals surface area contributed by atoms with E-state index in [0.717, 1.165) is 11.3 Å². The Hall–Kier alpha value is -0.830. The second kappa shape index (κ2) is 6.56. The molecule has 19 heavy (non-hydrogen) atoms. The van der Waals surface area contributed by atoms with Crippen LogP contribution in [0.2, 0.25) is 0 Å². The van der Waals surface area contributed by atoms with Gasteiger partial charge in [-0.25, -0.2) is 0 Å². The fourth-order valence-corrected chi connectivity index (χ4v) is 3.75. The van der Waals surface area contributed by atoms with E-state index in [2.05, 4.69) is 0 Å². The van der Waals surface area contributed by atoms with Gasteiger partial charge in [-0.1, -0.05) is 0 Å². The van der Waals surface area contributed by atoms with E-state index in [1.54, 1.807) is 25.3 Å². The molecule has 1 rings (SSSR count). The summed E-state index contributed by atoms with van der Waals surface area (Å²) < 4.78 is 29.2. The molecule has 0 aliphatic carbocycles. The Kier molecular flexibility index (Phi) is 5.60. The molecule has 4 nitrogen and oxygen atoms in total. The molecular formula is C14H23O4P. The van der Waals surface area contributed by atoms with Crippen molar-refractivity contribution in [1.82, 2.24) is 0 Å². The number of aryl methyl sites for hydroxylation is 1. The summed E-state index contributed by atoms with van der Waals surface area (Å²) >= 11 is 0. The summed E-state index contributed by atoms with van der Waals surface area (Å²) in [5, 5.41) is 0.563. The highest BCUT2D eigenvalue weighted by atomic mass is 31.2. The van der Waals surface area contributed by atoms with Gasteiger partial charge in [0.05, 0.1) is 24.6 Å². The van der Waals surface area contributed by atoms with Gasteiger partial charge in [-0.05, 0) is 58.4 Å². The summed E-state index contributed by atoms with van der Waals surface area (Å²) in [5.74, 6) is 0.754. The number of rotatable bonds is 6. The van der Waals surface area contributed by atoms with Crippen LogP contribution < -0.4 is 10.0 Å². The molecule has 5 heteroatoms. The van der Waals surface area contributed by atoms with Crippen LogP contribution in [0.1, 0.15) is 33.3 Å². The second-order valence-corrected chi connectivity index (χ2v) is 6.89. The van der Waals surface area contributed by atoms with Crippen molar-refractivity contribution in [2.75, 3.05) is 7.11 Å². The van der Waals surface area contributed by atoms with Gasteiger partial charge in [-0.3, -0.25) is 4.57 Å². The molecule has 0 fully saturated rings. The number of ether oxygens (including phenoxy) is 1. The third-order valence-corrected chi connectivity index (χ3v) is 4.70. The monoisotopic (exact) mass is 286 g/mol. The molecule has 0 atom stereocenters. The number of benzene rings is 1. The largest absolute Gasteiger partial charge is 0.496 e. The van der Waals surface area contributed by atoms with Crippen LogP contribution in [0.3, 0.4) is 0 Å². The summed E-state index contributed by atoms with van der Waals surface area (Å²) in [5.41, 5.74) is 0.903. The van der Waals surface area contributed by atoms with Crippen LogP contribution in [-0.2, 0) is 13.6 Å². The molecule has 108 valence electrons. The van der Waals surface area contributed by atoms with Gasteiger partial charge in [0.2, 0.25) is 0 Å². The number of hydrogen-bond donors (Lipinski definition) is 0. The highest BCUT2D eigenvalue weighted by Crippen LogP contribution is 2.49. The molecule has 0 saturated heterocycles. The number of methoxy groups -OCH3 is 1. The van der Waals surface area contributed by atoms with E-state index < -0.39 is 7.60 Å². The van der Waals surface area contributed by atoms with Crippen LogP contribution in [0, 0.1) is 6.92 Å². The predicted molar refractivity (Wildman–Crippen MR) is 77.4 cm³/mol. The van der Waals surface area contributed by atoms with Crippen molar-refractivity contribution in [2.24, 2.45) is 0 Å². The molecule has 0 bridgehead atoms. The topological polar surface area (TPSA) is 44.8 Å². The van der Waals surface area contributed by atoms with Gasteiger partial charge < -0.3 is 13.8 Å². The lowest BCUT2D eigenvalue weighted by Gasteiger charge is -2.23. The van der Waals surface area contributed by atoms with E-state index >= 15 is 0 Å². The smallest absolute Gasteiger partial charge is 0.361 e. The Morgan fingerprint density at radius 1 is 1.05 bits per heavy atom. The van der Waals surface area contributed by atoms with Crippen molar-refractivity contribution in [3.05, 3.63) is 23.8 Å². The molecule has 0 unspecified atom stereocenters. The van der Waals surface area contributed by atoms with Gasteiger partial charge >= 0.3 is 7.60 Å². The Labute approximate surface area is 115 Å². The average molecular weight is 286 g/mol. The van der Waals surface area contributed by atoms with E-state index in [1.165, 1.54) is 0 Å². The van der Waals surface area contributed by atoms with E-state index in [-0.39, 0.29) is 12.2 Å². The fourth-order valence-electron chi connectivity index (χ4n) is 1.73. The minimum absolute atomic E-state index is 0.174. The fraction of sp³-hybridized carbons (Fsp3) is 0.571. The molecule has 0 saturated carbocycles. The van der Waals surface area contributed by atoms with Gasteiger partial charge in [-0.2, -0.15) is 0 Å². The Morgan fingerprint density at radius 3 is 1.95 bits per heavy atom. The van der Waals surface area contributed by atoms with E-state index in [4.69, 9.17) is 13.8 Å².